The zero-order chi connectivity index (χ0) is 22.9. The van der Waals surface area contributed by atoms with E-state index in [1.807, 2.05) is 24.3 Å². The molecule has 8 nitrogen and oxygen atoms in total. The normalized spacial score (nSPS) is 23.8. The molecule has 0 bridgehead atoms. The van der Waals surface area contributed by atoms with Crippen LogP contribution in [0.4, 0.5) is 4.79 Å². The van der Waals surface area contributed by atoms with Crippen LogP contribution >= 0.6 is 0 Å². The molecule has 3 aliphatic rings. The molecule has 0 aromatic heterocycles. The summed E-state index contributed by atoms with van der Waals surface area (Å²) in [5.74, 6) is -1.46. The summed E-state index contributed by atoms with van der Waals surface area (Å²) < 4.78 is 11.2. The van der Waals surface area contributed by atoms with E-state index in [1.165, 1.54) is 4.90 Å². The van der Waals surface area contributed by atoms with Gasteiger partial charge in [0.2, 0.25) is 0 Å². The van der Waals surface area contributed by atoms with Crippen LogP contribution in [0, 0.1) is 0 Å². The quantitative estimate of drug-likeness (QED) is 0.726. The lowest BCUT2D eigenvalue weighted by Crippen LogP contribution is -2.52. The molecule has 0 saturated carbocycles. The van der Waals surface area contributed by atoms with Crippen LogP contribution in [0.3, 0.4) is 0 Å². The molecule has 172 valence electrons. The van der Waals surface area contributed by atoms with E-state index < -0.39 is 30.3 Å². The van der Waals surface area contributed by atoms with Gasteiger partial charge in [0.15, 0.2) is 6.10 Å². The van der Waals surface area contributed by atoms with Gasteiger partial charge in [0, 0.05) is 19.1 Å². The van der Waals surface area contributed by atoms with Gasteiger partial charge in [-0.05, 0) is 41.5 Å². The molecule has 0 spiro atoms. The second kappa shape index (κ2) is 8.86. The Labute approximate surface area is 191 Å². The Morgan fingerprint density at radius 2 is 1.70 bits per heavy atom. The van der Waals surface area contributed by atoms with Crippen molar-refractivity contribution in [1.29, 1.82) is 0 Å². The van der Waals surface area contributed by atoms with Crippen molar-refractivity contribution < 1.29 is 29.0 Å². The molecule has 2 N–H and O–H groups in total. The van der Waals surface area contributed by atoms with E-state index in [0.717, 1.165) is 22.3 Å². The fraction of sp³-hybridized carbons (Fsp3) is 0.400. The van der Waals surface area contributed by atoms with Crippen molar-refractivity contribution in [2.75, 3.05) is 19.8 Å². The van der Waals surface area contributed by atoms with Gasteiger partial charge in [-0.25, -0.2) is 9.59 Å². The first kappa shape index (κ1) is 21.5. The highest BCUT2D eigenvalue weighted by Gasteiger charge is 2.43. The molecule has 2 saturated heterocycles. The highest BCUT2D eigenvalue weighted by atomic mass is 16.6. The first-order valence-electron chi connectivity index (χ1n) is 11.3. The number of carboxylic acids is 1. The van der Waals surface area contributed by atoms with Crippen LogP contribution in [0.2, 0.25) is 0 Å². The summed E-state index contributed by atoms with van der Waals surface area (Å²) in [7, 11) is 0. The first-order chi connectivity index (χ1) is 16.0. The number of carboxylic acid groups (broad SMARTS) is 1. The molecule has 3 atom stereocenters. The number of benzene rings is 2. The van der Waals surface area contributed by atoms with Gasteiger partial charge in [0.25, 0.3) is 5.91 Å². The number of carbonyl (C=O) groups excluding carboxylic acids is 2. The summed E-state index contributed by atoms with van der Waals surface area (Å²) in [6, 6.07) is 14.8. The van der Waals surface area contributed by atoms with E-state index in [4.69, 9.17) is 9.47 Å². The summed E-state index contributed by atoms with van der Waals surface area (Å²) in [6.07, 6.45) is 0.0245. The third-order valence-electron chi connectivity index (χ3n) is 6.80. The van der Waals surface area contributed by atoms with E-state index >= 15 is 0 Å². The van der Waals surface area contributed by atoms with Crippen LogP contribution in [0.25, 0.3) is 11.1 Å². The Kier molecular flexibility index (Phi) is 5.76. The number of fused-ring (bicyclic) bond motifs is 3. The number of rotatable bonds is 5. The fourth-order valence-corrected chi connectivity index (χ4v) is 5.22. The molecular formula is C25H26N2O6. The molecule has 0 radical (unpaired) electrons. The number of nitrogens with one attached hydrogen (secondary N) is 1. The van der Waals surface area contributed by atoms with Crippen LogP contribution in [0.1, 0.15) is 36.3 Å². The maximum absolute atomic E-state index is 12.9. The van der Waals surface area contributed by atoms with E-state index in [-0.39, 0.29) is 18.4 Å². The Bertz CT molecular complexity index is 1040. The van der Waals surface area contributed by atoms with Gasteiger partial charge in [-0.3, -0.25) is 4.79 Å². The molecule has 2 aliphatic heterocycles. The van der Waals surface area contributed by atoms with Crippen LogP contribution < -0.4 is 5.32 Å². The SMILES string of the molecule is O=C(NC1CCOC1C(=O)N1CCC[C@H]1C(=O)O)OCC1c2ccccc2-c2ccccc21. The van der Waals surface area contributed by atoms with E-state index in [1.54, 1.807) is 0 Å². The topological polar surface area (TPSA) is 105 Å². The molecule has 2 unspecified atom stereocenters. The minimum atomic E-state index is -1.01. The van der Waals surface area contributed by atoms with Crippen LogP contribution in [0.5, 0.6) is 0 Å². The van der Waals surface area contributed by atoms with Gasteiger partial charge in [-0.2, -0.15) is 0 Å². The number of amides is 2. The lowest BCUT2D eigenvalue weighted by Gasteiger charge is -2.27. The second-order valence-electron chi connectivity index (χ2n) is 8.68. The van der Waals surface area contributed by atoms with Gasteiger partial charge in [0.05, 0.1) is 6.04 Å². The third-order valence-corrected chi connectivity index (χ3v) is 6.80. The summed E-state index contributed by atoms with van der Waals surface area (Å²) in [5.41, 5.74) is 4.54. The zero-order valence-corrected chi connectivity index (χ0v) is 18.1. The number of likely N-dealkylation sites (tertiary alicyclic amines) is 1. The molecule has 2 amide bonds. The number of aliphatic carboxylic acids is 1. The molecule has 8 heteroatoms. The van der Waals surface area contributed by atoms with Gasteiger partial charge >= 0.3 is 12.1 Å². The van der Waals surface area contributed by atoms with Crippen LogP contribution in [0.15, 0.2) is 48.5 Å². The molecule has 2 aromatic rings. The zero-order valence-electron chi connectivity index (χ0n) is 18.1. The highest BCUT2D eigenvalue weighted by molar-refractivity contribution is 5.88. The monoisotopic (exact) mass is 450 g/mol. The van der Waals surface area contributed by atoms with Crippen molar-refractivity contribution in [3.05, 3.63) is 59.7 Å². The predicted molar refractivity (Wildman–Crippen MR) is 119 cm³/mol. The van der Waals surface area contributed by atoms with Crippen LogP contribution in [-0.4, -0.2) is 65.9 Å². The minimum absolute atomic E-state index is 0.0543. The number of alkyl carbamates (subject to hydrolysis) is 1. The summed E-state index contributed by atoms with van der Waals surface area (Å²) in [5, 5.41) is 12.1. The molecule has 2 fully saturated rings. The maximum Gasteiger partial charge on any atom is 0.407 e. The Morgan fingerprint density at radius 3 is 2.36 bits per heavy atom. The largest absolute Gasteiger partial charge is 0.480 e. The average Bonchev–Trinajstić information content (AvgIpc) is 3.55. The summed E-state index contributed by atoms with van der Waals surface area (Å²) in [4.78, 5) is 38.4. The number of hydrogen-bond donors (Lipinski definition) is 2. The van der Waals surface area contributed by atoms with Crippen molar-refractivity contribution in [3.8, 4) is 11.1 Å². The molecule has 2 heterocycles. The van der Waals surface area contributed by atoms with Crippen molar-refractivity contribution >= 4 is 18.0 Å². The maximum atomic E-state index is 12.9. The number of hydrogen-bond acceptors (Lipinski definition) is 5. The van der Waals surface area contributed by atoms with Crippen molar-refractivity contribution in [2.24, 2.45) is 0 Å². The molecule has 2 aromatic carbocycles. The van der Waals surface area contributed by atoms with Crippen molar-refractivity contribution in [3.63, 3.8) is 0 Å². The summed E-state index contributed by atoms with van der Waals surface area (Å²) >= 11 is 0. The number of ether oxygens (including phenoxy) is 2. The Morgan fingerprint density at radius 1 is 1.03 bits per heavy atom. The first-order valence-corrected chi connectivity index (χ1v) is 11.3. The average molecular weight is 450 g/mol. The van der Waals surface area contributed by atoms with E-state index in [0.29, 0.717) is 32.4 Å². The van der Waals surface area contributed by atoms with Gasteiger partial charge in [-0.1, -0.05) is 48.5 Å². The molecular weight excluding hydrogens is 424 g/mol. The van der Waals surface area contributed by atoms with E-state index in [9.17, 15) is 19.5 Å². The Hall–Kier alpha value is -3.39. The van der Waals surface area contributed by atoms with Gasteiger partial charge < -0.3 is 24.8 Å². The lowest BCUT2D eigenvalue weighted by molar-refractivity contribution is -0.152. The fourth-order valence-electron chi connectivity index (χ4n) is 5.22. The Balaban J connectivity index is 1.23. The smallest absolute Gasteiger partial charge is 0.407 e. The predicted octanol–water partition coefficient (Wildman–Crippen LogP) is 2.76. The number of carbonyl (C=O) groups is 3. The number of nitrogens with zero attached hydrogens (tertiary/aromatic N) is 1. The highest BCUT2D eigenvalue weighted by Crippen LogP contribution is 2.44. The van der Waals surface area contributed by atoms with Crippen molar-refractivity contribution in [2.45, 2.75) is 43.4 Å². The van der Waals surface area contributed by atoms with Crippen molar-refractivity contribution in [1.82, 2.24) is 10.2 Å². The lowest BCUT2D eigenvalue weighted by atomic mass is 9.98. The van der Waals surface area contributed by atoms with Crippen LogP contribution in [-0.2, 0) is 19.1 Å². The molecule has 5 rings (SSSR count). The molecule has 33 heavy (non-hydrogen) atoms. The van der Waals surface area contributed by atoms with Gasteiger partial charge in [-0.15, -0.1) is 0 Å². The standard InChI is InChI=1S/C25H26N2O6/c28-23(27-12-5-10-21(27)24(29)30)22-20(11-13-32-22)26-25(31)33-14-19-17-8-3-1-6-15(17)16-7-2-4-9-18(16)19/h1-4,6-9,19-22H,5,10-14H2,(H,26,31)(H,29,30)/t20?,21-,22?/m0/s1. The third kappa shape index (κ3) is 3.95. The summed E-state index contributed by atoms with van der Waals surface area (Å²) in [6.45, 7) is 0.878. The second-order valence-corrected chi connectivity index (χ2v) is 8.68. The van der Waals surface area contributed by atoms with Gasteiger partial charge in [0.1, 0.15) is 12.6 Å². The minimum Gasteiger partial charge on any atom is -0.480 e. The van der Waals surface area contributed by atoms with E-state index in [2.05, 4.69) is 29.6 Å². The molecule has 1 aliphatic carbocycles.